The molecule has 2 aliphatic heterocycles. The SMILES string of the molecule is CC1(CCCC2C=CC=C2)C(=CC=CC2=[N+](CCOc3ccccc3)c3ccccc3C2(C)CCCC2C=CC=C2)N(CCOc2ccccc2)c2ccccc21. The molecule has 0 bridgehead atoms. The Bertz CT molecular complexity index is 2190. The number of fused-ring (bicyclic) bond motifs is 2. The molecule has 0 N–H and O–H groups in total. The number of hydrogen-bond donors (Lipinski definition) is 0. The molecular formula is C53H57N2O2+. The van der Waals surface area contributed by atoms with Gasteiger partial charge in [-0.1, -0.05) is 140 Å². The Hall–Kier alpha value is -5.61. The van der Waals surface area contributed by atoms with E-state index in [1.54, 1.807) is 0 Å². The molecule has 2 aliphatic carbocycles. The molecule has 4 aromatic rings. The van der Waals surface area contributed by atoms with Gasteiger partial charge in [-0.2, -0.15) is 4.58 Å². The van der Waals surface area contributed by atoms with Gasteiger partial charge >= 0.3 is 0 Å². The number of nitrogens with zero attached hydrogens (tertiary/aromatic N) is 2. The molecule has 0 amide bonds. The average molecular weight is 754 g/mol. The highest BCUT2D eigenvalue weighted by molar-refractivity contribution is 6.03. The van der Waals surface area contributed by atoms with Gasteiger partial charge in [0.25, 0.3) is 0 Å². The zero-order valence-electron chi connectivity index (χ0n) is 33.7. The fourth-order valence-corrected chi connectivity index (χ4v) is 9.53. The summed E-state index contributed by atoms with van der Waals surface area (Å²) in [4.78, 5) is 2.53. The summed E-state index contributed by atoms with van der Waals surface area (Å²) in [5.41, 5.74) is 7.78. The van der Waals surface area contributed by atoms with Crippen LogP contribution in [0.5, 0.6) is 11.5 Å². The summed E-state index contributed by atoms with van der Waals surface area (Å²) in [5.74, 6) is 2.87. The molecule has 290 valence electrons. The number of ether oxygens (including phenoxy) is 2. The zero-order chi connectivity index (χ0) is 38.9. The number of hydrogen-bond acceptors (Lipinski definition) is 3. The highest BCUT2D eigenvalue weighted by atomic mass is 16.5. The van der Waals surface area contributed by atoms with E-state index in [1.165, 1.54) is 33.9 Å². The molecule has 4 aromatic carbocycles. The molecule has 0 aromatic heterocycles. The van der Waals surface area contributed by atoms with Gasteiger partial charge in [0.15, 0.2) is 12.3 Å². The van der Waals surface area contributed by atoms with Crippen LogP contribution in [0.25, 0.3) is 0 Å². The van der Waals surface area contributed by atoms with E-state index in [0.717, 1.165) is 63.1 Å². The monoisotopic (exact) mass is 753 g/mol. The Morgan fingerprint density at radius 2 is 1.16 bits per heavy atom. The van der Waals surface area contributed by atoms with Crippen molar-refractivity contribution in [3.63, 3.8) is 0 Å². The van der Waals surface area contributed by atoms with Crippen LogP contribution in [0.2, 0.25) is 0 Å². The van der Waals surface area contributed by atoms with Crippen molar-refractivity contribution in [2.75, 3.05) is 31.2 Å². The van der Waals surface area contributed by atoms with E-state index in [9.17, 15) is 0 Å². The quantitative estimate of drug-likeness (QED) is 0.0946. The number of allylic oxidation sites excluding steroid dienone is 12. The lowest BCUT2D eigenvalue weighted by molar-refractivity contribution is -0.440. The van der Waals surface area contributed by atoms with Crippen LogP contribution >= 0.6 is 0 Å². The minimum Gasteiger partial charge on any atom is -0.492 e. The third-order valence-corrected chi connectivity index (χ3v) is 12.5. The first-order valence-electron chi connectivity index (χ1n) is 21.1. The van der Waals surface area contributed by atoms with Gasteiger partial charge in [-0.15, -0.1) is 0 Å². The van der Waals surface area contributed by atoms with Crippen molar-refractivity contribution < 1.29 is 14.0 Å². The van der Waals surface area contributed by atoms with E-state index in [0.29, 0.717) is 25.0 Å². The zero-order valence-corrected chi connectivity index (χ0v) is 33.7. The van der Waals surface area contributed by atoms with E-state index in [1.807, 2.05) is 60.7 Å². The second-order valence-electron chi connectivity index (χ2n) is 16.3. The number of para-hydroxylation sites is 4. The summed E-state index contributed by atoms with van der Waals surface area (Å²) < 4.78 is 15.2. The van der Waals surface area contributed by atoms with Gasteiger partial charge in [-0.25, -0.2) is 0 Å². The van der Waals surface area contributed by atoms with E-state index in [4.69, 9.17) is 9.47 Å². The van der Waals surface area contributed by atoms with Crippen LogP contribution in [0, 0.1) is 11.8 Å². The summed E-state index contributed by atoms with van der Waals surface area (Å²) >= 11 is 0. The maximum Gasteiger partial charge on any atom is 0.209 e. The van der Waals surface area contributed by atoms with Gasteiger partial charge in [0.05, 0.1) is 12.0 Å². The second-order valence-corrected chi connectivity index (χ2v) is 16.3. The Morgan fingerprint density at radius 3 is 1.81 bits per heavy atom. The molecule has 0 radical (unpaired) electrons. The van der Waals surface area contributed by atoms with Crippen LogP contribution in [-0.4, -0.2) is 36.6 Å². The summed E-state index contributed by atoms with van der Waals surface area (Å²) in [7, 11) is 0. The van der Waals surface area contributed by atoms with Crippen LogP contribution in [0.15, 0.2) is 182 Å². The third-order valence-electron chi connectivity index (χ3n) is 12.5. The molecule has 4 aliphatic rings. The molecule has 4 nitrogen and oxygen atoms in total. The summed E-state index contributed by atoms with van der Waals surface area (Å²) in [6.45, 7) is 7.65. The Morgan fingerprint density at radius 1 is 0.614 bits per heavy atom. The molecule has 0 spiro atoms. The fourth-order valence-electron chi connectivity index (χ4n) is 9.53. The van der Waals surface area contributed by atoms with Gasteiger partial charge in [0.1, 0.15) is 24.7 Å². The Balaban J connectivity index is 1.14. The predicted octanol–water partition coefficient (Wildman–Crippen LogP) is 12.2. The lowest BCUT2D eigenvalue weighted by atomic mass is 9.74. The van der Waals surface area contributed by atoms with Crippen molar-refractivity contribution in [1.82, 2.24) is 0 Å². The van der Waals surface area contributed by atoms with Gasteiger partial charge in [0.2, 0.25) is 5.69 Å². The molecule has 2 unspecified atom stereocenters. The van der Waals surface area contributed by atoms with Crippen molar-refractivity contribution in [1.29, 1.82) is 0 Å². The van der Waals surface area contributed by atoms with E-state index in [2.05, 4.69) is 139 Å². The van der Waals surface area contributed by atoms with Crippen LogP contribution in [0.4, 0.5) is 11.4 Å². The summed E-state index contributed by atoms with van der Waals surface area (Å²) in [5, 5.41) is 0. The van der Waals surface area contributed by atoms with Crippen molar-refractivity contribution in [2.24, 2.45) is 11.8 Å². The van der Waals surface area contributed by atoms with E-state index < -0.39 is 0 Å². The molecule has 0 saturated carbocycles. The molecule has 2 atom stereocenters. The van der Waals surface area contributed by atoms with Crippen LogP contribution in [-0.2, 0) is 10.8 Å². The highest BCUT2D eigenvalue weighted by Crippen LogP contribution is 2.51. The van der Waals surface area contributed by atoms with Gasteiger partial charge in [0, 0.05) is 34.5 Å². The number of anilines is 1. The molecule has 4 heteroatoms. The van der Waals surface area contributed by atoms with Crippen molar-refractivity contribution in [3.8, 4) is 11.5 Å². The van der Waals surface area contributed by atoms with E-state index in [-0.39, 0.29) is 10.8 Å². The lowest BCUT2D eigenvalue weighted by Gasteiger charge is -2.31. The van der Waals surface area contributed by atoms with Crippen LogP contribution in [0.3, 0.4) is 0 Å². The smallest absolute Gasteiger partial charge is 0.209 e. The van der Waals surface area contributed by atoms with E-state index >= 15 is 0 Å². The first kappa shape index (κ1) is 38.3. The maximum absolute atomic E-state index is 6.32. The molecule has 0 saturated heterocycles. The highest BCUT2D eigenvalue weighted by Gasteiger charge is 2.47. The minimum absolute atomic E-state index is 0.141. The molecular weight excluding hydrogens is 697 g/mol. The van der Waals surface area contributed by atoms with Gasteiger partial charge in [-0.3, -0.25) is 0 Å². The van der Waals surface area contributed by atoms with Gasteiger partial charge in [-0.05, 0) is 93.3 Å². The number of rotatable bonds is 18. The Kier molecular flexibility index (Phi) is 11.9. The predicted molar refractivity (Wildman–Crippen MR) is 237 cm³/mol. The number of benzene rings is 4. The standard InChI is InChI=1S/C53H57N2O2/c1-52(36-18-24-42-20-9-10-21-42)46-30-13-15-32-48(46)54(38-40-56-44-26-5-3-6-27-44)50(52)34-17-35-51-53(2,37-19-25-43-22-11-12-23-43)47-31-14-16-33-49(47)55(51)39-41-57-45-28-7-4-8-29-45/h3-17,20-23,26-35,42-43H,18-19,24-25,36-41H2,1-2H3/q+1. The molecule has 57 heavy (non-hydrogen) atoms. The van der Waals surface area contributed by atoms with Crippen molar-refractivity contribution >= 4 is 17.1 Å². The Labute approximate surface area is 340 Å². The lowest BCUT2D eigenvalue weighted by Crippen LogP contribution is -2.32. The molecule has 2 heterocycles. The summed E-state index contributed by atoms with van der Waals surface area (Å²) in [6, 6.07) is 38.5. The minimum atomic E-state index is -0.141. The topological polar surface area (TPSA) is 24.7 Å². The normalized spacial score (nSPS) is 21.8. The first-order chi connectivity index (χ1) is 28.0. The molecule has 0 fully saturated rings. The molecule has 8 rings (SSSR count). The van der Waals surface area contributed by atoms with Crippen molar-refractivity contribution in [2.45, 2.75) is 63.2 Å². The summed E-state index contributed by atoms with van der Waals surface area (Å²) in [6.07, 6.45) is 32.0. The maximum atomic E-state index is 6.32. The fraction of sp³-hybridized carbons (Fsp3) is 0.302. The van der Waals surface area contributed by atoms with Crippen LogP contribution < -0.4 is 14.4 Å². The average Bonchev–Trinajstić information content (AvgIpc) is 4.05. The van der Waals surface area contributed by atoms with Gasteiger partial charge < -0.3 is 14.4 Å². The van der Waals surface area contributed by atoms with Crippen molar-refractivity contribution in [3.05, 3.63) is 193 Å². The largest absolute Gasteiger partial charge is 0.492 e. The van der Waals surface area contributed by atoms with Crippen LogP contribution in [0.1, 0.15) is 63.5 Å². The second kappa shape index (κ2) is 17.7. The third kappa shape index (κ3) is 8.42. The first-order valence-corrected chi connectivity index (χ1v) is 21.1.